The van der Waals surface area contributed by atoms with Crippen LogP contribution in [0.3, 0.4) is 0 Å². The van der Waals surface area contributed by atoms with Crippen LogP contribution in [0.25, 0.3) is 5.69 Å². The van der Waals surface area contributed by atoms with Crippen LogP contribution in [-0.4, -0.2) is 32.7 Å². The summed E-state index contributed by atoms with van der Waals surface area (Å²) in [7, 11) is 0. The number of amides is 1. The van der Waals surface area contributed by atoms with Gasteiger partial charge >= 0.3 is 0 Å². The number of ether oxygens (including phenoxy) is 1. The molecule has 134 valence electrons. The van der Waals surface area contributed by atoms with Crippen molar-refractivity contribution in [2.24, 2.45) is 0 Å². The molecule has 0 saturated heterocycles. The van der Waals surface area contributed by atoms with Gasteiger partial charge in [-0.3, -0.25) is 4.79 Å². The number of aromatic nitrogens is 4. The molecular weight excluding hydrogens is 361 g/mol. The average molecular weight is 376 g/mol. The SMILES string of the molecule is Cc1cc(NC(=O)CCOc2ccc(F)cc2Cl)ccc1-n1cnnn1. The molecule has 9 heteroatoms. The van der Waals surface area contributed by atoms with E-state index in [1.807, 2.05) is 19.1 Å². The highest BCUT2D eigenvalue weighted by Gasteiger charge is 2.08. The number of nitrogens with zero attached hydrogens (tertiary/aromatic N) is 4. The largest absolute Gasteiger partial charge is 0.491 e. The summed E-state index contributed by atoms with van der Waals surface area (Å²) in [5, 5.41) is 14.0. The van der Waals surface area contributed by atoms with Crippen LogP contribution in [0.2, 0.25) is 5.02 Å². The molecular formula is C17H15ClFN5O2. The summed E-state index contributed by atoms with van der Waals surface area (Å²) in [6.45, 7) is 2.02. The molecule has 0 unspecified atom stereocenters. The van der Waals surface area contributed by atoms with Gasteiger partial charge in [-0.15, -0.1) is 5.10 Å². The number of hydrogen-bond acceptors (Lipinski definition) is 5. The van der Waals surface area contributed by atoms with E-state index in [4.69, 9.17) is 16.3 Å². The van der Waals surface area contributed by atoms with Crippen LogP contribution in [0, 0.1) is 12.7 Å². The molecule has 0 aliphatic rings. The molecule has 0 radical (unpaired) electrons. The van der Waals surface area contributed by atoms with Crippen LogP contribution in [0.1, 0.15) is 12.0 Å². The fourth-order valence-electron chi connectivity index (χ4n) is 2.33. The maximum Gasteiger partial charge on any atom is 0.227 e. The van der Waals surface area contributed by atoms with Gasteiger partial charge < -0.3 is 10.1 Å². The monoisotopic (exact) mass is 375 g/mol. The Kier molecular flexibility index (Phi) is 5.43. The first kappa shape index (κ1) is 17.8. The van der Waals surface area contributed by atoms with E-state index >= 15 is 0 Å². The van der Waals surface area contributed by atoms with Crippen molar-refractivity contribution < 1.29 is 13.9 Å². The van der Waals surface area contributed by atoms with Gasteiger partial charge in [0.05, 0.1) is 23.7 Å². The second kappa shape index (κ2) is 7.92. The lowest BCUT2D eigenvalue weighted by molar-refractivity contribution is -0.116. The molecule has 0 bridgehead atoms. The maximum atomic E-state index is 13.0. The van der Waals surface area contributed by atoms with Crippen LogP contribution in [0.4, 0.5) is 10.1 Å². The summed E-state index contributed by atoms with van der Waals surface area (Å²) in [6.07, 6.45) is 1.63. The second-order valence-electron chi connectivity index (χ2n) is 5.48. The van der Waals surface area contributed by atoms with Crippen molar-refractivity contribution in [3.8, 4) is 11.4 Å². The normalized spacial score (nSPS) is 10.6. The van der Waals surface area contributed by atoms with Crippen LogP contribution in [0.15, 0.2) is 42.7 Å². The van der Waals surface area contributed by atoms with Crippen LogP contribution in [-0.2, 0) is 4.79 Å². The molecule has 7 nitrogen and oxygen atoms in total. The number of benzene rings is 2. The Balaban J connectivity index is 1.54. The van der Waals surface area contributed by atoms with Gasteiger partial charge in [0.2, 0.25) is 5.91 Å². The van der Waals surface area contributed by atoms with Crippen molar-refractivity contribution in [1.82, 2.24) is 20.2 Å². The lowest BCUT2D eigenvalue weighted by atomic mass is 10.1. The molecule has 0 atom stereocenters. The third kappa shape index (κ3) is 4.34. The zero-order chi connectivity index (χ0) is 18.5. The van der Waals surface area contributed by atoms with E-state index in [-0.39, 0.29) is 24.0 Å². The second-order valence-corrected chi connectivity index (χ2v) is 5.88. The molecule has 0 aliphatic heterocycles. The number of carbonyl (C=O) groups is 1. The maximum absolute atomic E-state index is 13.0. The van der Waals surface area contributed by atoms with Crippen molar-refractivity contribution in [3.63, 3.8) is 0 Å². The number of tetrazole rings is 1. The Bertz CT molecular complexity index is 918. The van der Waals surface area contributed by atoms with E-state index < -0.39 is 5.82 Å². The van der Waals surface area contributed by atoms with Crippen LogP contribution < -0.4 is 10.1 Å². The Morgan fingerprint density at radius 3 is 2.85 bits per heavy atom. The molecule has 26 heavy (non-hydrogen) atoms. The van der Waals surface area contributed by atoms with Gasteiger partial charge in [0, 0.05) is 5.69 Å². The molecule has 1 heterocycles. The lowest BCUT2D eigenvalue weighted by Gasteiger charge is -2.10. The summed E-state index contributed by atoms with van der Waals surface area (Å²) < 4.78 is 19.9. The van der Waals surface area contributed by atoms with E-state index in [0.717, 1.165) is 17.3 Å². The standard InChI is InChI=1S/C17H15ClFN5O2/c1-11-8-13(3-4-15(11)24-10-20-22-23-24)21-17(25)6-7-26-16-5-2-12(19)9-14(16)18/h2-5,8-10H,6-7H2,1H3,(H,21,25). The molecule has 0 spiro atoms. The number of anilines is 1. The lowest BCUT2D eigenvalue weighted by Crippen LogP contribution is -2.15. The topological polar surface area (TPSA) is 81.9 Å². The molecule has 1 aromatic heterocycles. The summed E-state index contributed by atoms with van der Waals surface area (Å²) in [5.74, 6) is -0.319. The van der Waals surface area contributed by atoms with Gasteiger partial charge in [0.1, 0.15) is 17.9 Å². The number of nitrogens with one attached hydrogen (secondary N) is 1. The summed E-state index contributed by atoms with van der Waals surface area (Å²) in [6, 6.07) is 9.24. The first-order valence-electron chi connectivity index (χ1n) is 7.74. The summed E-state index contributed by atoms with van der Waals surface area (Å²) >= 11 is 5.87. The molecule has 3 rings (SSSR count). The van der Waals surface area contributed by atoms with E-state index in [1.165, 1.54) is 18.5 Å². The molecule has 2 aromatic carbocycles. The van der Waals surface area contributed by atoms with Crippen molar-refractivity contribution in [1.29, 1.82) is 0 Å². The predicted octanol–water partition coefficient (Wildman–Crippen LogP) is 3.17. The van der Waals surface area contributed by atoms with E-state index in [9.17, 15) is 9.18 Å². The first-order valence-corrected chi connectivity index (χ1v) is 8.12. The van der Waals surface area contributed by atoms with E-state index in [1.54, 1.807) is 10.7 Å². The fraction of sp³-hybridized carbons (Fsp3) is 0.176. The highest BCUT2D eigenvalue weighted by Crippen LogP contribution is 2.25. The number of rotatable bonds is 6. The molecule has 3 aromatic rings. The van der Waals surface area contributed by atoms with Crippen molar-refractivity contribution in [3.05, 3.63) is 59.1 Å². The van der Waals surface area contributed by atoms with Gasteiger partial charge in [-0.05, 0) is 59.3 Å². The number of carbonyl (C=O) groups excluding carboxylic acids is 1. The zero-order valence-corrected chi connectivity index (χ0v) is 14.6. The summed E-state index contributed by atoms with van der Waals surface area (Å²) in [5.41, 5.74) is 2.39. The molecule has 1 N–H and O–H groups in total. The highest BCUT2D eigenvalue weighted by atomic mass is 35.5. The smallest absolute Gasteiger partial charge is 0.227 e. The first-order chi connectivity index (χ1) is 12.5. The minimum absolute atomic E-state index is 0.124. The van der Waals surface area contributed by atoms with E-state index in [0.29, 0.717) is 11.4 Å². The minimum Gasteiger partial charge on any atom is -0.491 e. The quantitative estimate of drug-likeness (QED) is 0.715. The third-order valence-corrected chi connectivity index (χ3v) is 3.85. The van der Waals surface area contributed by atoms with Crippen LogP contribution >= 0.6 is 11.6 Å². The van der Waals surface area contributed by atoms with Crippen molar-refractivity contribution in [2.45, 2.75) is 13.3 Å². The summed E-state index contributed by atoms with van der Waals surface area (Å²) in [4.78, 5) is 12.0. The minimum atomic E-state index is -0.444. The van der Waals surface area contributed by atoms with Gasteiger partial charge in [0.15, 0.2) is 0 Å². The molecule has 0 aliphatic carbocycles. The van der Waals surface area contributed by atoms with Gasteiger partial charge in [0.25, 0.3) is 0 Å². The molecule has 1 amide bonds. The number of aryl methyl sites for hydroxylation is 1. The number of hydrogen-bond donors (Lipinski definition) is 1. The van der Waals surface area contributed by atoms with Crippen molar-refractivity contribution in [2.75, 3.05) is 11.9 Å². The Morgan fingerprint density at radius 1 is 1.31 bits per heavy atom. The highest BCUT2D eigenvalue weighted by molar-refractivity contribution is 6.32. The Labute approximate surface area is 153 Å². The molecule has 0 fully saturated rings. The van der Waals surface area contributed by atoms with Crippen LogP contribution in [0.5, 0.6) is 5.75 Å². The predicted molar refractivity (Wildman–Crippen MR) is 94.0 cm³/mol. The average Bonchev–Trinajstić information content (AvgIpc) is 3.11. The Hall–Kier alpha value is -3.00. The third-order valence-electron chi connectivity index (χ3n) is 3.56. The Morgan fingerprint density at radius 2 is 2.15 bits per heavy atom. The zero-order valence-electron chi connectivity index (χ0n) is 13.8. The fourth-order valence-corrected chi connectivity index (χ4v) is 2.55. The molecule has 0 saturated carbocycles. The van der Waals surface area contributed by atoms with Gasteiger partial charge in [-0.25, -0.2) is 9.07 Å². The van der Waals surface area contributed by atoms with E-state index in [2.05, 4.69) is 20.8 Å². The number of halogens is 2. The van der Waals surface area contributed by atoms with Gasteiger partial charge in [-0.1, -0.05) is 11.6 Å². The van der Waals surface area contributed by atoms with Crippen molar-refractivity contribution >= 4 is 23.2 Å². The van der Waals surface area contributed by atoms with Gasteiger partial charge in [-0.2, -0.15) is 0 Å².